The second-order valence-electron chi connectivity index (χ2n) is 7.12. The lowest BCUT2D eigenvalue weighted by molar-refractivity contribution is -0.119. The summed E-state index contributed by atoms with van der Waals surface area (Å²) in [5, 5.41) is 7.65. The van der Waals surface area contributed by atoms with Gasteiger partial charge in [0.15, 0.2) is 0 Å². The molecule has 8 heteroatoms. The number of amides is 1. The van der Waals surface area contributed by atoms with Crippen LogP contribution in [0.2, 0.25) is 0 Å². The molecule has 0 aliphatic heterocycles. The molecule has 0 radical (unpaired) electrons. The fourth-order valence-electron chi connectivity index (χ4n) is 3.49. The number of halogens is 1. The number of nitrogens with two attached hydrogens (primary N) is 2. The number of primary amides is 1. The molecule has 1 atom stereocenters. The van der Waals surface area contributed by atoms with Crippen molar-refractivity contribution in [3.05, 3.63) is 87.9 Å². The maximum absolute atomic E-state index is 12.8. The smallest absolute Gasteiger partial charge is 0.244 e. The van der Waals surface area contributed by atoms with Gasteiger partial charge in [-0.2, -0.15) is 0 Å². The topological polar surface area (TPSA) is 115 Å². The van der Waals surface area contributed by atoms with Crippen molar-refractivity contribution in [3.8, 4) is 11.5 Å². The van der Waals surface area contributed by atoms with Crippen LogP contribution in [0, 0.1) is 5.41 Å². The lowest BCUT2D eigenvalue weighted by Gasteiger charge is -2.33. The van der Waals surface area contributed by atoms with E-state index in [4.69, 9.17) is 26.4 Å². The van der Waals surface area contributed by atoms with E-state index < -0.39 is 11.9 Å². The fraction of sp³-hybridized carbons (Fsp3) is 0.167. The average Bonchev–Trinajstić information content (AvgIpc) is 2.80. The van der Waals surface area contributed by atoms with Crippen molar-refractivity contribution in [3.63, 3.8) is 0 Å². The van der Waals surface area contributed by atoms with E-state index in [9.17, 15) is 4.79 Å². The summed E-state index contributed by atoms with van der Waals surface area (Å²) in [6.07, 6.45) is 0. The summed E-state index contributed by atoms with van der Waals surface area (Å²) in [6.45, 7) is 0.425. The molecular weight excluding hydrogens is 472 g/mol. The number of ether oxygens (including phenoxy) is 2. The fourth-order valence-corrected chi connectivity index (χ4v) is 4.04. The number of nitrogens with zero attached hydrogens (tertiary/aromatic N) is 1. The van der Waals surface area contributed by atoms with Crippen LogP contribution >= 0.6 is 15.9 Å². The van der Waals surface area contributed by atoms with Crippen LogP contribution in [0.15, 0.2) is 71.2 Å². The Morgan fingerprint density at radius 3 is 2.03 bits per heavy atom. The van der Waals surface area contributed by atoms with Gasteiger partial charge in [0.05, 0.1) is 14.2 Å². The molecule has 166 valence electrons. The number of carbonyl (C=O) groups is 1. The first-order valence-corrected chi connectivity index (χ1v) is 10.6. The number of hydrogen-bond acceptors (Lipinski definition) is 5. The van der Waals surface area contributed by atoms with Crippen LogP contribution < -0.4 is 25.8 Å². The van der Waals surface area contributed by atoms with Crippen LogP contribution in [0.1, 0.15) is 22.7 Å². The largest absolute Gasteiger partial charge is 0.495 e. The van der Waals surface area contributed by atoms with Crippen molar-refractivity contribution in [2.75, 3.05) is 19.1 Å². The molecule has 1 unspecified atom stereocenters. The Kier molecular flexibility index (Phi) is 7.37. The van der Waals surface area contributed by atoms with Gasteiger partial charge in [0, 0.05) is 17.8 Å². The third kappa shape index (κ3) is 5.03. The van der Waals surface area contributed by atoms with Crippen LogP contribution in [0.4, 0.5) is 5.69 Å². The lowest BCUT2D eigenvalue weighted by atomic mass is 10.0. The second-order valence-corrected chi connectivity index (χ2v) is 7.91. The normalized spacial score (nSPS) is 11.5. The van der Waals surface area contributed by atoms with Crippen molar-refractivity contribution >= 4 is 33.4 Å². The standard InChI is InChI=1S/C24H25BrN4O3/c1-31-19-12-17(13-20(32-2)21(19)25)22(24(28)30)29(14-15-6-4-3-5-7-15)18-10-8-16(9-11-18)23(26)27/h3-13,22H,14H2,1-2H3,(H3,26,27)(H2,28,30). The Morgan fingerprint density at radius 2 is 1.56 bits per heavy atom. The maximum Gasteiger partial charge on any atom is 0.244 e. The van der Waals surface area contributed by atoms with Gasteiger partial charge in [0.2, 0.25) is 5.91 Å². The van der Waals surface area contributed by atoms with E-state index in [1.165, 1.54) is 0 Å². The molecule has 3 aromatic carbocycles. The van der Waals surface area contributed by atoms with Gasteiger partial charge in [-0.3, -0.25) is 10.2 Å². The molecule has 0 bridgehead atoms. The molecule has 32 heavy (non-hydrogen) atoms. The van der Waals surface area contributed by atoms with Gasteiger partial charge in [-0.05, 0) is 63.5 Å². The molecular formula is C24H25BrN4O3. The van der Waals surface area contributed by atoms with Crippen LogP contribution in [-0.2, 0) is 11.3 Å². The number of amidine groups is 1. The summed E-state index contributed by atoms with van der Waals surface area (Å²) in [7, 11) is 3.09. The van der Waals surface area contributed by atoms with Gasteiger partial charge in [-0.15, -0.1) is 0 Å². The first kappa shape index (κ1) is 23.1. The predicted molar refractivity (Wildman–Crippen MR) is 129 cm³/mol. The highest BCUT2D eigenvalue weighted by atomic mass is 79.9. The number of benzene rings is 3. The molecule has 0 saturated heterocycles. The molecule has 0 aliphatic carbocycles. The van der Waals surface area contributed by atoms with Crippen LogP contribution in [0.25, 0.3) is 0 Å². The van der Waals surface area contributed by atoms with Crippen LogP contribution in [0.3, 0.4) is 0 Å². The van der Waals surface area contributed by atoms with Crippen molar-refractivity contribution in [2.24, 2.45) is 11.5 Å². The second kappa shape index (κ2) is 10.2. The number of methoxy groups -OCH3 is 2. The van der Waals surface area contributed by atoms with Crippen molar-refractivity contribution in [2.45, 2.75) is 12.6 Å². The molecule has 0 saturated carbocycles. The quantitative estimate of drug-likeness (QED) is 0.306. The third-order valence-electron chi connectivity index (χ3n) is 5.07. The Labute approximate surface area is 195 Å². The molecule has 7 nitrogen and oxygen atoms in total. The summed E-state index contributed by atoms with van der Waals surface area (Å²) in [5.74, 6) is 0.498. The van der Waals surface area contributed by atoms with Gasteiger partial charge >= 0.3 is 0 Å². The Hall–Kier alpha value is -3.52. The van der Waals surface area contributed by atoms with Crippen molar-refractivity contribution in [1.82, 2.24) is 0 Å². The van der Waals surface area contributed by atoms with Crippen molar-refractivity contribution < 1.29 is 14.3 Å². The summed E-state index contributed by atoms with van der Waals surface area (Å²) in [5.41, 5.74) is 14.5. The zero-order valence-electron chi connectivity index (χ0n) is 17.8. The number of anilines is 1. The van der Waals surface area contributed by atoms with E-state index in [0.717, 1.165) is 11.3 Å². The molecule has 3 aromatic rings. The zero-order chi connectivity index (χ0) is 23.3. The first-order valence-electron chi connectivity index (χ1n) is 9.81. The molecule has 0 fully saturated rings. The number of carbonyl (C=O) groups excluding carboxylic acids is 1. The molecule has 5 N–H and O–H groups in total. The average molecular weight is 497 g/mol. The predicted octanol–water partition coefficient (Wildman–Crippen LogP) is 3.98. The highest BCUT2D eigenvalue weighted by Gasteiger charge is 2.28. The van der Waals surface area contributed by atoms with Gasteiger partial charge in [-0.25, -0.2) is 0 Å². The number of hydrogen-bond donors (Lipinski definition) is 3. The molecule has 0 aromatic heterocycles. The number of nitrogen functional groups attached to an aromatic ring is 1. The first-order chi connectivity index (χ1) is 15.3. The van der Waals surface area contributed by atoms with Gasteiger partial charge in [0.1, 0.15) is 27.8 Å². The van der Waals surface area contributed by atoms with Crippen molar-refractivity contribution in [1.29, 1.82) is 5.41 Å². The van der Waals surface area contributed by atoms with E-state index in [1.807, 2.05) is 47.4 Å². The van der Waals surface area contributed by atoms with E-state index in [0.29, 0.717) is 33.6 Å². The summed E-state index contributed by atoms with van der Waals surface area (Å²) in [4.78, 5) is 14.7. The van der Waals surface area contributed by atoms with Gasteiger partial charge < -0.3 is 25.8 Å². The Morgan fingerprint density at radius 1 is 1.00 bits per heavy atom. The van der Waals surface area contributed by atoms with Crippen LogP contribution in [-0.4, -0.2) is 26.0 Å². The van der Waals surface area contributed by atoms with E-state index in [-0.39, 0.29) is 5.84 Å². The summed E-state index contributed by atoms with van der Waals surface area (Å²) >= 11 is 3.47. The van der Waals surface area contributed by atoms with E-state index in [2.05, 4.69) is 15.9 Å². The lowest BCUT2D eigenvalue weighted by Crippen LogP contribution is -2.37. The highest BCUT2D eigenvalue weighted by molar-refractivity contribution is 9.10. The minimum Gasteiger partial charge on any atom is -0.495 e. The molecule has 3 rings (SSSR count). The van der Waals surface area contributed by atoms with E-state index >= 15 is 0 Å². The SMILES string of the molecule is COc1cc(C(C(N)=O)N(Cc2ccccc2)c2ccc(C(=N)N)cc2)cc(OC)c1Br. The van der Waals surface area contributed by atoms with Gasteiger partial charge in [0.25, 0.3) is 0 Å². The molecule has 0 aliphatic rings. The van der Waals surface area contributed by atoms with Gasteiger partial charge in [-0.1, -0.05) is 30.3 Å². The minimum atomic E-state index is -0.811. The van der Waals surface area contributed by atoms with E-state index in [1.54, 1.807) is 38.5 Å². The third-order valence-corrected chi connectivity index (χ3v) is 5.85. The minimum absolute atomic E-state index is 0.0278. The maximum atomic E-state index is 12.8. The Balaban J connectivity index is 2.15. The highest BCUT2D eigenvalue weighted by Crippen LogP contribution is 2.39. The van der Waals surface area contributed by atoms with Crippen LogP contribution in [0.5, 0.6) is 11.5 Å². The zero-order valence-corrected chi connectivity index (χ0v) is 19.4. The molecule has 0 spiro atoms. The molecule has 1 amide bonds. The summed E-state index contributed by atoms with van der Waals surface area (Å²) in [6, 6.07) is 19.6. The molecule has 0 heterocycles. The monoisotopic (exact) mass is 496 g/mol. The summed E-state index contributed by atoms with van der Waals surface area (Å²) < 4.78 is 11.6. The number of rotatable bonds is 9. The Bertz CT molecular complexity index is 1080. The number of nitrogens with one attached hydrogen (secondary N) is 1.